The van der Waals surface area contributed by atoms with Gasteiger partial charge in [0.2, 0.25) is 0 Å². The fourth-order valence-electron chi connectivity index (χ4n) is 2.72. The van der Waals surface area contributed by atoms with Gasteiger partial charge in [0.15, 0.2) is 6.10 Å². The maximum atomic E-state index is 11.8. The third kappa shape index (κ3) is 3.39. The van der Waals surface area contributed by atoms with Crippen molar-refractivity contribution in [2.45, 2.75) is 12.1 Å². The maximum Gasteiger partial charge on any atom is 0.408 e. The number of aromatic nitrogens is 1. The standard InChI is InChI=1S/C20H14N2O2S/c23-20-22-18(19(24-20)17-7-4-10-25-17)16-11-15(12-21-13-16)9-8-14-5-2-1-3-6-14/h1-7,10-13,18-19H,(H,22,23)/t18-,19-/m1/s1. The van der Waals surface area contributed by atoms with Crippen molar-refractivity contribution in [3.63, 3.8) is 0 Å². The van der Waals surface area contributed by atoms with E-state index in [2.05, 4.69) is 22.1 Å². The number of pyridine rings is 1. The number of hydrogen-bond acceptors (Lipinski definition) is 4. The minimum atomic E-state index is -0.413. The summed E-state index contributed by atoms with van der Waals surface area (Å²) in [4.78, 5) is 17.0. The second-order valence-corrected chi connectivity index (χ2v) is 6.57. The predicted molar refractivity (Wildman–Crippen MR) is 96.1 cm³/mol. The molecule has 1 fully saturated rings. The molecule has 1 N–H and O–H groups in total. The van der Waals surface area contributed by atoms with Crippen LogP contribution < -0.4 is 5.32 Å². The summed E-state index contributed by atoms with van der Waals surface area (Å²) in [7, 11) is 0. The number of nitrogens with zero attached hydrogens (tertiary/aromatic N) is 1. The van der Waals surface area contributed by atoms with Crippen molar-refractivity contribution in [3.8, 4) is 11.8 Å². The minimum absolute atomic E-state index is 0.267. The van der Waals surface area contributed by atoms with E-state index in [0.29, 0.717) is 0 Å². The highest BCUT2D eigenvalue weighted by Crippen LogP contribution is 2.38. The monoisotopic (exact) mass is 346 g/mol. The molecule has 4 nitrogen and oxygen atoms in total. The van der Waals surface area contributed by atoms with E-state index in [4.69, 9.17) is 4.74 Å². The highest BCUT2D eigenvalue weighted by Gasteiger charge is 2.37. The second-order valence-electron chi connectivity index (χ2n) is 5.59. The van der Waals surface area contributed by atoms with E-state index in [1.54, 1.807) is 23.7 Å². The van der Waals surface area contributed by atoms with Crippen molar-refractivity contribution < 1.29 is 9.53 Å². The predicted octanol–water partition coefficient (Wildman–Crippen LogP) is 4.07. The lowest BCUT2D eigenvalue weighted by molar-refractivity contribution is 0.134. The largest absolute Gasteiger partial charge is 0.438 e. The van der Waals surface area contributed by atoms with Crippen molar-refractivity contribution in [2.75, 3.05) is 0 Å². The molecular formula is C20H14N2O2S. The van der Waals surface area contributed by atoms with Gasteiger partial charge in [-0.05, 0) is 35.2 Å². The van der Waals surface area contributed by atoms with Crippen molar-refractivity contribution in [1.29, 1.82) is 0 Å². The molecule has 2 atom stereocenters. The lowest BCUT2D eigenvalue weighted by atomic mass is 10.0. The van der Waals surface area contributed by atoms with Gasteiger partial charge in [0, 0.05) is 28.4 Å². The Morgan fingerprint density at radius 3 is 2.68 bits per heavy atom. The first-order valence-electron chi connectivity index (χ1n) is 7.82. The molecular weight excluding hydrogens is 332 g/mol. The van der Waals surface area contributed by atoms with Crippen molar-refractivity contribution >= 4 is 17.4 Å². The molecule has 0 bridgehead atoms. The van der Waals surface area contributed by atoms with E-state index in [1.807, 2.05) is 53.9 Å². The second kappa shape index (κ2) is 6.80. The molecule has 1 amide bonds. The van der Waals surface area contributed by atoms with Crippen LogP contribution in [0.15, 0.2) is 66.3 Å². The number of ether oxygens (including phenoxy) is 1. The van der Waals surface area contributed by atoms with E-state index in [-0.39, 0.29) is 12.1 Å². The highest BCUT2D eigenvalue weighted by molar-refractivity contribution is 7.10. The van der Waals surface area contributed by atoms with Gasteiger partial charge in [-0.25, -0.2) is 4.79 Å². The van der Waals surface area contributed by atoms with Crippen LogP contribution in [0.25, 0.3) is 0 Å². The van der Waals surface area contributed by atoms with Gasteiger partial charge in [0.1, 0.15) is 6.04 Å². The lowest BCUT2D eigenvalue weighted by Crippen LogP contribution is -2.19. The van der Waals surface area contributed by atoms with Crippen LogP contribution in [0.5, 0.6) is 0 Å². The molecule has 2 aromatic heterocycles. The number of carbonyl (C=O) groups is 1. The smallest absolute Gasteiger partial charge is 0.408 e. The number of alkyl carbamates (subject to hydrolysis) is 1. The number of nitrogens with one attached hydrogen (secondary N) is 1. The van der Waals surface area contributed by atoms with Gasteiger partial charge in [-0.1, -0.05) is 36.1 Å². The molecule has 1 aliphatic heterocycles. The minimum Gasteiger partial charge on any atom is -0.438 e. The molecule has 5 heteroatoms. The third-order valence-electron chi connectivity index (χ3n) is 3.88. The molecule has 3 aromatic rings. The van der Waals surface area contributed by atoms with Crippen LogP contribution >= 0.6 is 11.3 Å². The van der Waals surface area contributed by atoms with Gasteiger partial charge < -0.3 is 10.1 Å². The number of amides is 1. The number of thiophene rings is 1. The molecule has 0 aliphatic carbocycles. The Bertz CT molecular complexity index is 943. The Hall–Kier alpha value is -3.10. The van der Waals surface area contributed by atoms with Crippen LogP contribution in [-0.4, -0.2) is 11.1 Å². The summed E-state index contributed by atoms with van der Waals surface area (Å²) in [6.45, 7) is 0. The van der Waals surface area contributed by atoms with E-state index in [0.717, 1.165) is 21.6 Å². The number of carbonyl (C=O) groups excluding carboxylic acids is 1. The molecule has 0 radical (unpaired) electrons. The third-order valence-corrected chi connectivity index (χ3v) is 4.81. The fraction of sp³-hybridized carbons (Fsp3) is 0.100. The van der Waals surface area contributed by atoms with Gasteiger partial charge >= 0.3 is 6.09 Å². The van der Waals surface area contributed by atoms with E-state index in [9.17, 15) is 4.79 Å². The van der Waals surface area contributed by atoms with Crippen molar-refractivity contribution in [2.24, 2.45) is 0 Å². The summed E-state index contributed by atoms with van der Waals surface area (Å²) in [6.07, 6.45) is 2.71. The van der Waals surface area contributed by atoms with Gasteiger partial charge in [-0.15, -0.1) is 11.3 Å². The molecule has 1 aliphatic rings. The molecule has 3 heterocycles. The van der Waals surface area contributed by atoms with Crippen LogP contribution in [0.2, 0.25) is 0 Å². The Labute approximate surface area is 149 Å². The summed E-state index contributed by atoms with van der Waals surface area (Å²) in [6, 6.07) is 15.4. The SMILES string of the molecule is O=C1N[C@H](c2cncc(C#Cc3ccccc3)c2)[C@@H](c2cccs2)O1. The molecule has 1 aromatic carbocycles. The van der Waals surface area contributed by atoms with Crippen molar-refractivity contribution in [3.05, 3.63) is 87.9 Å². The summed E-state index contributed by atoms with van der Waals surface area (Å²) in [5.74, 6) is 6.24. The lowest BCUT2D eigenvalue weighted by Gasteiger charge is -2.15. The number of cyclic esters (lactones) is 1. The Morgan fingerprint density at radius 2 is 1.88 bits per heavy atom. The fourth-order valence-corrected chi connectivity index (χ4v) is 3.51. The normalized spacial score (nSPS) is 18.8. The van der Waals surface area contributed by atoms with Gasteiger partial charge in [-0.3, -0.25) is 4.98 Å². The first-order chi connectivity index (χ1) is 12.3. The zero-order valence-electron chi connectivity index (χ0n) is 13.2. The summed E-state index contributed by atoms with van der Waals surface area (Å²) in [5, 5.41) is 4.84. The summed E-state index contributed by atoms with van der Waals surface area (Å²) in [5.41, 5.74) is 2.62. The zero-order chi connectivity index (χ0) is 17.1. The highest BCUT2D eigenvalue weighted by atomic mass is 32.1. The molecule has 25 heavy (non-hydrogen) atoms. The molecule has 4 rings (SSSR count). The average Bonchev–Trinajstić information content (AvgIpc) is 3.30. The molecule has 0 spiro atoms. The van der Waals surface area contributed by atoms with Crippen LogP contribution in [-0.2, 0) is 4.74 Å². The number of hydrogen-bond donors (Lipinski definition) is 1. The Balaban J connectivity index is 1.63. The molecule has 0 unspecified atom stereocenters. The molecule has 122 valence electrons. The summed E-state index contributed by atoms with van der Waals surface area (Å²) < 4.78 is 5.44. The van der Waals surface area contributed by atoms with E-state index < -0.39 is 6.09 Å². The first-order valence-corrected chi connectivity index (χ1v) is 8.70. The average molecular weight is 346 g/mol. The quantitative estimate of drug-likeness (QED) is 0.712. The van der Waals surface area contributed by atoms with Crippen LogP contribution in [0.3, 0.4) is 0 Å². The van der Waals surface area contributed by atoms with Crippen LogP contribution in [0.1, 0.15) is 33.7 Å². The number of benzene rings is 1. The Kier molecular flexibility index (Phi) is 4.19. The molecule has 0 saturated carbocycles. The maximum absolute atomic E-state index is 11.8. The van der Waals surface area contributed by atoms with Crippen LogP contribution in [0, 0.1) is 11.8 Å². The molecule has 1 saturated heterocycles. The van der Waals surface area contributed by atoms with Gasteiger partial charge in [-0.2, -0.15) is 0 Å². The van der Waals surface area contributed by atoms with Crippen LogP contribution in [0.4, 0.5) is 4.79 Å². The van der Waals surface area contributed by atoms with Gasteiger partial charge in [0.05, 0.1) is 0 Å². The number of rotatable bonds is 2. The van der Waals surface area contributed by atoms with Crippen molar-refractivity contribution in [1.82, 2.24) is 10.3 Å². The van der Waals surface area contributed by atoms with E-state index in [1.165, 1.54) is 0 Å². The van der Waals surface area contributed by atoms with Gasteiger partial charge in [0.25, 0.3) is 0 Å². The first kappa shape index (κ1) is 15.4. The Morgan fingerprint density at radius 1 is 1.04 bits per heavy atom. The van der Waals surface area contributed by atoms with E-state index >= 15 is 0 Å². The summed E-state index contributed by atoms with van der Waals surface area (Å²) >= 11 is 1.57. The topological polar surface area (TPSA) is 51.2 Å². The zero-order valence-corrected chi connectivity index (χ0v) is 14.0.